The summed E-state index contributed by atoms with van der Waals surface area (Å²) in [6.45, 7) is 1.39. The number of alkyl halides is 1. The normalized spacial score (nSPS) is 10.6. The van der Waals surface area contributed by atoms with Crippen LogP contribution in [-0.2, 0) is 13.5 Å². The van der Waals surface area contributed by atoms with E-state index in [-0.39, 0.29) is 6.67 Å². The van der Waals surface area contributed by atoms with Crippen LogP contribution in [0.4, 0.5) is 4.39 Å². The van der Waals surface area contributed by atoms with Gasteiger partial charge in [-0.3, -0.25) is 9.07 Å². The lowest BCUT2D eigenvalue weighted by Crippen LogP contribution is -2.19. The van der Waals surface area contributed by atoms with Crippen LogP contribution in [0.25, 0.3) is 0 Å². The molecule has 13 heavy (non-hydrogen) atoms. The molecule has 74 valence electrons. The third-order valence-corrected chi connectivity index (χ3v) is 1.81. The Balaban J connectivity index is 2.06. The van der Waals surface area contributed by atoms with Crippen LogP contribution in [0, 0.1) is 0 Å². The second-order valence-electron chi connectivity index (χ2n) is 3.02. The fourth-order valence-corrected chi connectivity index (χ4v) is 1.13. The molecule has 0 spiro atoms. The second kappa shape index (κ2) is 5.70. The third-order valence-electron chi connectivity index (χ3n) is 1.81. The van der Waals surface area contributed by atoms with E-state index in [2.05, 4.69) is 10.4 Å². The Morgan fingerprint density at radius 1 is 1.54 bits per heavy atom. The maximum Gasteiger partial charge on any atom is 0.0906 e. The first-order valence-electron chi connectivity index (χ1n) is 4.58. The first kappa shape index (κ1) is 10.2. The number of rotatable bonds is 6. The summed E-state index contributed by atoms with van der Waals surface area (Å²) in [6, 6.07) is 2.00. The number of halogens is 1. The van der Waals surface area contributed by atoms with Crippen LogP contribution in [0.5, 0.6) is 0 Å². The van der Waals surface area contributed by atoms with E-state index < -0.39 is 0 Å². The largest absolute Gasteiger partial charge is 0.316 e. The van der Waals surface area contributed by atoms with Gasteiger partial charge in [0, 0.05) is 26.2 Å². The van der Waals surface area contributed by atoms with E-state index in [0.29, 0.717) is 6.42 Å². The van der Waals surface area contributed by atoms with Gasteiger partial charge in [-0.15, -0.1) is 0 Å². The van der Waals surface area contributed by atoms with Gasteiger partial charge in [0.15, 0.2) is 0 Å². The molecule has 0 amide bonds. The van der Waals surface area contributed by atoms with Gasteiger partial charge < -0.3 is 5.32 Å². The highest BCUT2D eigenvalue weighted by Gasteiger charge is 1.95. The van der Waals surface area contributed by atoms with Crippen molar-refractivity contribution in [2.45, 2.75) is 12.8 Å². The Morgan fingerprint density at radius 2 is 2.38 bits per heavy atom. The molecule has 0 radical (unpaired) electrons. The molecule has 0 saturated heterocycles. The molecule has 0 atom stereocenters. The number of hydrogen-bond acceptors (Lipinski definition) is 2. The van der Waals surface area contributed by atoms with E-state index in [1.54, 1.807) is 4.68 Å². The molecule has 4 heteroatoms. The summed E-state index contributed by atoms with van der Waals surface area (Å²) < 4.78 is 13.5. The molecule has 1 rings (SSSR count). The summed E-state index contributed by atoms with van der Waals surface area (Å²) in [5.41, 5.74) is 1.08. The SMILES string of the molecule is Cn1ccc(CCNCCCF)n1. The van der Waals surface area contributed by atoms with Gasteiger partial charge in [0.2, 0.25) is 0 Å². The Morgan fingerprint density at radius 3 is 3.00 bits per heavy atom. The molecule has 1 heterocycles. The van der Waals surface area contributed by atoms with Crippen molar-refractivity contribution in [1.82, 2.24) is 15.1 Å². The zero-order valence-electron chi connectivity index (χ0n) is 7.96. The third kappa shape index (κ3) is 4.03. The number of hydrogen-bond donors (Lipinski definition) is 1. The summed E-state index contributed by atoms with van der Waals surface area (Å²) in [6.07, 6.45) is 3.44. The molecule has 0 unspecified atom stereocenters. The van der Waals surface area contributed by atoms with Crippen LogP contribution in [0.3, 0.4) is 0 Å². The van der Waals surface area contributed by atoms with Crippen LogP contribution < -0.4 is 5.32 Å². The summed E-state index contributed by atoms with van der Waals surface area (Å²) in [5, 5.41) is 7.39. The highest BCUT2D eigenvalue weighted by molar-refractivity contribution is 4.98. The van der Waals surface area contributed by atoms with Gasteiger partial charge in [-0.1, -0.05) is 0 Å². The number of nitrogens with one attached hydrogen (secondary N) is 1. The highest BCUT2D eigenvalue weighted by atomic mass is 19.1. The summed E-state index contributed by atoms with van der Waals surface area (Å²) in [7, 11) is 1.90. The lowest BCUT2D eigenvalue weighted by atomic mass is 10.3. The van der Waals surface area contributed by atoms with Crippen LogP contribution in [0.15, 0.2) is 12.3 Å². The minimum atomic E-state index is -0.239. The molecule has 1 N–H and O–H groups in total. The van der Waals surface area contributed by atoms with Gasteiger partial charge in [0.25, 0.3) is 0 Å². The van der Waals surface area contributed by atoms with Crippen LogP contribution in [0.1, 0.15) is 12.1 Å². The molecule has 0 aliphatic heterocycles. The fraction of sp³-hybridized carbons (Fsp3) is 0.667. The van der Waals surface area contributed by atoms with Gasteiger partial charge in [-0.25, -0.2) is 0 Å². The summed E-state index contributed by atoms with van der Waals surface area (Å²) >= 11 is 0. The lowest BCUT2D eigenvalue weighted by Gasteiger charge is -2.00. The van der Waals surface area contributed by atoms with Gasteiger partial charge in [-0.05, 0) is 19.0 Å². The summed E-state index contributed by atoms with van der Waals surface area (Å²) in [5.74, 6) is 0. The molecular formula is C9H16FN3. The fourth-order valence-electron chi connectivity index (χ4n) is 1.13. The van der Waals surface area contributed by atoms with E-state index in [4.69, 9.17) is 0 Å². The van der Waals surface area contributed by atoms with Crippen molar-refractivity contribution >= 4 is 0 Å². The van der Waals surface area contributed by atoms with E-state index in [1.807, 2.05) is 19.3 Å². The standard InChI is InChI=1S/C9H16FN3/c1-13-8-4-9(12-13)3-7-11-6-2-5-10/h4,8,11H,2-3,5-7H2,1H3. The molecule has 0 bridgehead atoms. The van der Waals surface area contributed by atoms with Crippen molar-refractivity contribution in [3.05, 3.63) is 18.0 Å². The zero-order valence-corrected chi connectivity index (χ0v) is 7.96. The topological polar surface area (TPSA) is 29.9 Å². The quantitative estimate of drug-likeness (QED) is 0.668. The van der Waals surface area contributed by atoms with Gasteiger partial charge in [0.05, 0.1) is 12.4 Å². The lowest BCUT2D eigenvalue weighted by molar-refractivity contribution is 0.460. The average molecular weight is 185 g/mol. The number of aryl methyl sites for hydroxylation is 1. The first-order valence-corrected chi connectivity index (χ1v) is 4.58. The minimum Gasteiger partial charge on any atom is -0.316 e. The zero-order chi connectivity index (χ0) is 9.52. The molecule has 3 nitrogen and oxygen atoms in total. The minimum absolute atomic E-state index is 0.239. The van der Waals surface area contributed by atoms with Crippen molar-refractivity contribution in [2.24, 2.45) is 7.05 Å². The maximum absolute atomic E-state index is 11.7. The van der Waals surface area contributed by atoms with Crippen molar-refractivity contribution in [1.29, 1.82) is 0 Å². The predicted octanol–water partition coefficient (Wildman–Crippen LogP) is 0.912. The first-order chi connectivity index (χ1) is 6.33. The smallest absolute Gasteiger partial charge is 0.0906 e. The second-order valence-corrected chi connectivity index (χ2v) is 3.02. The highest BCUT2D eigenvalue weighted by Crippen LogP contribution is 1.93. The van der Waals surface area contributed by atoms with Gasteiger partial charge in [-0.2, -0.15) is 5.10 Å². The number of nitrogens with zero attached hydrogens (tertiary/aromatic N) is 2. The van der Waals surface area contributed by atoms with Crippen molar-refractivity contribution in [2.75, 3.05) is 19.8 Å². The van der Waals surface area contributed by atoms with Crippen molar-refractivity contribution in [3.8, 4) is 0 Å². The monoisotopic (exact) mass is 185 g/mol. The Labute approximate surface area is 77.9 Å². The maximum atomic E-state index is 11.7. The van der Waals surface area contributed by atoms with E-state index in [1.165, 1.54) is 0 Å². The average Bonchev–Trinajstić information content (AvgIpc) is 2.51. The molecular weight excluding hydrogens is 169 g/mol. The molecule has 1 aromatic rings. The van der Waals surface area contributed by atoms with Gasteiger partial charge >= 0.3 is 0 Å². The van der Waals surface area contributed by atoms with Crippen LogP contribution in [0.2, 0.25) is 0 Å². The molecule has 0 saturated carbocycles. The molecule has 0 aliphatic carbocycles. The molecule has 0 aromatic carbocycles. The van der Waals surface area contributed by atoms with E-state index in [9.17, 15) is 4.39 Å². The van der Waals surface area contributed by atoms with E-state index >= 15 is 0 Å². The Bertz CT molecular complexity index is 235. The van der Waals surface area contributed by atoms with Crippen molar-refractivity contribution < 1.29 is 4.39 Å². The molecule has 1 aromatic heterocycles. The van der Waals surface area contributed by atoms with Crippen molar-refractivity contribution in [3.63, 3.8) is 0 Å². The Hall–Kier alpha value is -0.900. The summed E-state index contributed by atoms with van der Waals surface area (Å²) in [4.78, 5) is 0. The number of aromatic nitrogens is 2. The Kier molecular flexibility index (Phi) is 4.46. The van der Waals surface area contributed by atoms with Crippen LogP contribution in [-0.4, -0.2) is 29.5 Å². The predicted molar refractivity (Wildman–Crippen MR) is 50.4 cm³/mol. The molecule has 0 aliphatic rings. The van der Waals surface area contributed by atoms with E-state index in [0.717, 1.165) is 25.2 Å². The van der Waals surface area contributed by atoms with Gasteiger partial charge in [0.1, 0.15) is 0 Å². The van der Waals surface area contributed by atoms with Crippen LogP contribution >= 0.6 is 0 Å². The molecule has 0 fully saturated rings.